The summed E-state index contributed by atoms with van der Waals surface area (Å²) in [7, 11) is 0. The van der Waals surface area contributed by atoms with Gasteiger partial charge in [0.15, 0.2) is 17.5 Å². The van der Waals surface area contributed by atoms with E-state index < -0.39 is 0 Å². The molecule has 0 saturated heterocycles. The van der Waals surface area contributed by atoms with E-state index in [0.717, 1.165) is 71.7 Å². The van der Waals surface area contributed by atoms with E-state index in [1.54, 1.807) is 0 Å². The molecule has 8 aromatic carbocycles. The molecule has 0 unspecified atom stereocenters. The molecule has 62 heavy (non-hydrogen) atoms. The van der Waals surface area contributed by atoms with Gasteiger partial charge >= 0.3 is 0 Å². The third kappa shape index (κ3) is 5.37. The quantitative estimate of drug-likeness (QED) is 0.174. The zero-order valence-electron chi connectivity index (χ0n) is 33.9. The second kappa shape index (κ2) is 13.7. The first-order valence-electron chi connectivity index (χ1n) is 21.7. The number of fused-ring (bicyclic) bond motifs is 11. The van der Waals surface area contributed by atoms with Crippen molar-refractivity contribution in [3.63, 3.8) is 0 Å². The van der Waals surface area contributed by atoms with Gasteiger partial charge in [-0.05, 0) is 93.7 Å². The third-order valence-corrected chi connectivity index (χ3v) is 13.6. The third-order valence-electron chi connectivity index (χ3n) is 13.6. The number of hydrogen-bond acceptors (Lipinski definition) is 5. The number of furan rings is 2. The molecule has 0 atom stereocenters. The van der Waals surface area contributed by atoms with Gasteiger partial charge in [-0.3, -0.25) is 0 Å². The highest BCUT2D eigenvalue weighted by molar-refractivity contribution is 6.10. The number of para-hydroxylation sites is 4. The highest BCUT2D eigenvalue weighted by atomic mass is 16.3. The predicted molar refractivity (Wildman–Crippen MR) is 251 cm³/mol. The average Bonchev–Trinajstić information content (AvgIpc) is 4.00. The Hall–Kier alpha value is -7.63. The number of aromatic nitrogens is 3. The molecular weight excluding hydrogens is 759 g/mol. The summed E-state index contributed by atoms with van der Waals surface area (Å²) < 4.78 is 13.0. The molecule has 0 aliphatic heterocycles. The van der Waals surface area contributed by atoms with Crippen LogP contribution in [0.3, 0.4) is 0 Å². The molecule has 3 heterocycles. The van der Waals surface area contributed by atoms with Crippen LogP contribution in [0.2, 0.25) is 0 Å². The van der Waals surface area contributed by atoms with E-state index in [1.807, 2.05) is 60.7 Å². The molecule has 5 heteroatoms. The molecule has 11 aromatic rings. The van der Waals surface area contributed by atoms with Crippen LogP contribution in [-0.2, 0) is 5.41 Å². The smallest absolute Gasteiger partial charge is 0.167 e. The highest BCUT2D eigenvalue weighted by Crippen LogP contribution is 2.56. The van der Waals surface area contributed by atoms with Crippen LogP contribution >= 0.6 is 0 Å². The Bertz CT molecular complexity index is 3440. The van der Waals surface area contributed by atoms with Gasteiger partial charge in [0, 0.05) is 32.5 Å². The van der Waals surface area contributed by atoms with Crippen LogP contribution in [0.4, 0.5) is 0 Å². The van der Waals surface area contributed by atoms with Gasteiger partial charge in [0.05, 0.1) is 11.1 Å². The van der Waals surface area contributed by atoms with Crippen LogP contribution in [0, 0.1) is 0 Å². The standard InChI is InChI=1S/C57H39N3O2/c1-8-31-57(32-9-1)48-22-5-2-15-40(48)41-30-29-39(34-49(41)57)38-14-10-13-37(33-38)35-25-27-36(28-26-35)54-58-55(46-20-11-18-44-42-16-3-6-23-50(42)61-52(44)46)60-56(59-54)47-21-12-19-45-43-17-4-7-24-51(43)62-53(45)47/h2-7,10-30,33-34H,1,8-9,31-32H2. The topological polar surface area (TPSA) is 65.0 Å². The molecule has 0 radical (unpaired) electrons. The van der Waals surface area contributed by atoms with Crippen molar-refractivity contribution in [1.82, 2.24) is 15.0 Å². The van der Waals surface area contributed by atoms with Gasteiger partial charge in [-0.25, -0.2) is 15.0 Å². The summed E-state index contributed by atoms with van der Waals surface area (Å²) in [6.07, 6.45) is 6.34. The van der Waals surface area contributed by atoms with E-state index in [4.69, 9.17) is 23.8 Å². The van der Waals surface area contributed by atoms with Crippen LogP contribution in [0.1, 0.15) is 43.2 Å². The molecule has 2 aliphatic rings. The Labute approximate surface area is 358 Å². The Kier molecular flexibility index (Phi) is 7.77. The normalized spacial score (nSPS) is 14.3. The lowest BCUT2D eigenvalue weighted by atomic mass is 9.67. The van der Waals surface area contributed by atoms with Crippen molar-refractivity contribution in [3.8, 4) is 67.5 Å². The molecule has 0 bridgehead atoms. The molecule has 3 aromatic heterocycles. The van der Waals surface area contributed by atoms with Gasteiger partial charge in [-0.1, -0.05) is 159 Å². The summed E-state index contributed by atoms with van der Waals surface area (Å²) in [6, 6.07) is 62.4. The Balaban J connectivity index is 0.906. The number of benzene rings is 8. The highest BCUT2D eigenvalue weighted by Gasteiger charge is 2.43. The first kappa shape index (κ1) is 35.2. The maximum atomic E-state index is 6.49. The van der Waals surface area contributed by atoms with Gasteiger partial charge < -0.3 is 8.83 Å². The monoisotopic (exact) mass is 797 g/mol. The Morgan fingerprint density at radius 1 is 0.339 bits per heavy atom. The van der Waals surface area contributed by atoms with E-state index in [-0.39, 0.29) is 5.41 Å². The summed E-state index contributed by atoms with van der Waals surface area (Å²) in [6.45, 7) is 0. The molecule has 13 rings (SSSR count). The van der Waals surface area contributed by atoms with Gasteiger partial charge in [0.1, 0.15) is 22.3 Å². The molecule has 294 valence electrons. The number of nitrogens with zero attached hydrogens (tertiary/aromatic N) is 3. The maximum absolute atomic E-state index is 6.49. The van der Waals surface area contributed by atoms with E-state index in [0.29, 0.717) is 17.5 Å². The lowest BCUT2D eigenvalue weighted by molar-refractivity contribution is 0.353. The number of rotatable bonds is 5. The van der Waals surface area contributed by atoms with Crippen molar-refractivity contribution < 1.29 is 8.83 Å². The molecule has 0 N–H and O–H groups in total. The lowest BCUT2D eigenvalue weighted by Crippen LogP contribution is -2.28. The molecule has 1 saturated carbocycles. The van der Waals surface area contributed by atoms with Crippen molar-refractivity contribution in [2.45, 2.75) is 37.5 Å². The van der Waals surface area contributed by atoms with E-state index >= 15 is 0 Å². The zero-order chi connectivity index (χ0) is 40.8. The fourth-order valence-corrected chi connectivity index (χ4v) is 10.6. The molecule has 0 amide bonds. The lowest BCUT2D eigenvalue weighted by Gasteiger charge is -2.36. The second-order valence-corrected chi connectivity index (χ2v) is 17.0. The minimum atomic E-state index is 0.125. The first-order chi connectivity index (χ1) is 30.7. The van der Waals surface area contributed by atoms with Crippen molar-refractivity contribution >= 4 is 43.9 Å². The Morgan fingerprint density at radius 3 is 1.50 bits per heavy atom. The Morgan fingerprint density at radius 2 is 0.823 bits per heavy atom. The van der Waals surface area contributed by atoms with E-state index in [2.05, 4.69) is 115 Å². The fourth-order valence-electron chi connectivity index (χ4n) is 10.6. The van der Waals surface area contributed by atoms with Crippen molar-refractivity contribution in [2.24, 2.45) is 0 Å². The predicted octanol–water partition coefficient (Wildman–Crippen LogP) is 15.2. The van der Waals surface area contributed by atoms with Gasteiger partial charge in [0.2, 0.25) is 0 Å². The van der Waals surface area contributed by atoms with Crippen LogP contribution in [0.25, 0.3) is 111 Å². The van der Waals surface area contributed by atoms with Crippen LogP contribution in [0.5, 0.6) is 0 Å². The minimum absolute atomic E-state index is 0.125. The van der Waals surface area contributed by atoms with Crippen molar-refractivity contribution in [3.05, 3.63) is 187 Å². The summed E-state index contributed by atoms with van der Waals surface area (Å²) >= 11 is 0. The van der Waals surface area contributed by atoms with Crippen molar-refractivity contribution in [1.29, 1.82) is 0 Å². The molecule has 5 nitrogen and oxygen atoms in total. The average molecular weight is 798 g/mol. The van der Waals surface area contributed by atoms with Crippen LogP contribution < -0.4 is 0 Å². The van der Waals surface area contributed by atoms with Gasteiger partial charge in [0.25, 0.3) is 0 Å². The van der Waals surface area contributed by atoms with Crippen molar-refractivity contribution in [2.75, 3.05) is 0 Å². The van der Waals surface area contributed by atoms with E-state index in [9.17, 15) is 0 Å². The summed E-state index contributed by atoms with van der Waals surface area (Å²) in [5.74, 6) is 1.64. The fraction of sp³-hybridized carbons (Fsp3) is 0.105. The molecular formula is C57H39N3O2. The van der Waals surface area contributed by atoms with Gasteiger partial charge in [-0.2, -0.15) is 0 Å². The molecule has 2 aliphatic carbocycles. The largest absolute Gasteiger partial charge is 0.455 e. The summed E-state index contributed by atoms with van der Waals surface area (Å²) in [5, 5.41) is 4.15. The van der Waals surface area contributed by atoms with Crippen LogP contribution in [-0.4, -0.2) is 15.0 Å². The zero-order valence-corrected chi connectivity index (χ0v) is 33.9. The SMILES string of the molecule is c1cc(-c2ccc(-c3nc(-c4cccc5c4oc4ccccc45)nc(-c4cccc5c4oc4ccccc45)n3)cc2)cc(-c2ccc3c(c2)C2(CCCCC2)c2ccccc2-3)c1. The number of hydrogen-bond donors (Lipinski definition) is 0. The summed E-state index contributed by atoms with van der Waals surface area (Å²) in [5.41, 5.74) is 16.4. The maximum Gasteiger partial charge on any atom is 0.167 e. The summed E-state index contributed by atoms with van der Waals surface area (Å²) in [4.78, 5) is 15.5. The molecule has 1 spiro atoms. The minimum Gasteiger partial charge on any atom is -0.455 e. The van der Waals surface area contributed by atoms with E-state index in [1.165, 1.54) is 65.5 Å². The second-order valence-electron chi connectivity index (χ2n) is 17.0. The molecule has 1 fully saturated rings. The first-order valence-corrected chi connectivity index (χ1v) is 21.7. The van der Waals surface area contributed by atoms with Crippen LogP contribution in [0.15, 0.2) is 185 Å². The van der Waals surface area contributed by atoms with Gasteiger partial charge in [-0.15, -0.1) is 0 Å².